The predicted octanol–water partition coefficient (Wildman–Crippen LogP) is 2.31. The summed E-state index contributed by atoms with van der Waals surface area (Å²) in [7, 11) is -3.45. The number of carbonyl (C=O) groups is 1. The highest BCUT2D eigenvalue weighted by Gasteiger charge is 2.31. The lowest BCUT2D eigenvalue weighted by atomic mass is 9.94. The number of hydrogen-bond donors (Lipinski definition) is 1. The number of anilines is 1. The van der Waals surface area contributed by atoms with Gasteiger partial charge in [-0.25, -0.2) is 8.42 Å². The molecule has 1 amide bonds. The summed E-state index contributed by atoms with van der Waals surface area (Å²) in [6, 6.07) is 6.32. The third-order valence-electron chi connectivity index (χ3n) is 3.65. The summed E-state index contributed by atoms with van der Waals surface area (Å²) in [6.07, 6.45) is 1.06. The molecule has 1 saturated heterocycles. The number of hydrogen-bond acceptors (Lipinski definition) is 3. The molecule has 0 spiro atoms. The Labute approximate surface area is 126 Å². The minimum Gasteiger partial charge on any atom is -0.326 e. The number of nitrogens with zero attached hydrogens (tertiary/aromatic N) is 1. The highest BCUT2D eigenvalue weighted by Crippen LogP contribution is 2.27. The van der Waals surface area contributed by atoms with Crippen LogP contribution in [0.2, 0.25) is 0 Å². The van der Waals surface area contributed by atoms with Crippen LogP contribution in [-0.4, -0.2) is 31.7 Å². The number of sulfonamides is 1. The third-order valence-corrected chi connectivity index (χ3v) is 5.49. The summed E-state index contributed by atoms with van der Waals surface area (Å²) in [5, 5.41) is 2.63. The van der Waals surface area contributed by atoms with Gasteiger partial charge in [0.15, 0.2) is 0 Å². The number of benzene rings is 1. The van der Waals surface area contributed by atoms with E-state index in [-0.39, 0.29) is 10.8 Å². The topological polar surface area (TPSA) is 66.5 Å². The van der Waals surface area contributed by atoms with Crippen molar-refractivity contribution < 1.29 is 13.2 Å². The van der Waals surface area contributed by atoms with Gasteiger partial charge in [-0.05, 0) is 42.5 Å². The van der Waals surface area contributed by atoms with E-state index >= 15 is 0 Å². The molecule has 0 aliphatic carbocycles. The monoisotopic (exact) mass is 310 g/mol. The predicted molar refractivity (Wildman–Crippen MR) is 82.4 cm³/mol. The standard InChI is InChI=1S/C15H22N2O3S/c1-11-8-12(2)10-17(9-11)21(19,20)15-6-4-14(5-7-15)16-13(3)18/h4-7,11-12H,8-10H2,1-3H3,(H,16,18)/t11-,12-/m0/s1. The molecule has 0 radical (unpaired) electrons. The smallest absolute Gasteiger partial charge is 0.243 e. The molecule has 0 saturated carbocycles. The van der Waals surface area contributed by atoms with E-state index in [0.29, 0.717) is 30.6 Å². The quantitative estimate of drug-likeness (QED) is 0.931. The van der Waals surface area contributed by atoms with Crippen molar-refractivity contribution in [3.63, 3.8) is 0 Å². The lowest BCUT2D eigenvalue weighted by Crippen LogP contribution is -2.42. The fourth-order valence-corrected chi connectivity index (χ4v) is 4.54. The van der Waals surface area contributed by atoms with Crippen LogP contribution < -0.4 is 5.32 Å². The van der Waals surface area contributed by atoms with E-state index in [1.54, 1.807) is 28.6 Å². The molecule has 2 atom stereocenters. The molecule has 1 heterocycles. The Balaban J connectivity index is 2.21. The molecule has 1 aromatic carbocycles. The van der Waals surface area contributed by atoms with Gasteiger partial charge in [0.1, 0.15) is 0 Å². The Kier molecular flexibility index (Phi) is 4.68. The fraction of sp³-hybridized carbons (Fsp3) is 0.533. The lowest BCUT2D eigenvalue weighted by Gasteiger charge is -2.34. The maximum Gasteiger partial charge on any atom is 0.243 e. The van der Waals surface area contributed by atoms with Gasteiger partial charge in [0.2, 0.25) is 15.9 Å². The Morgan fingerprint density at radius 3 is 2.14 bits per heavy atom. The van der Waals surface area contributed by atoms with Crippen LogP contribution in [0.1, 0.15) is 27.2 Å². The maximum absolute atomic E-state index is 12.7. The number of nitrogens with one attached hydrogen (secondary N) is 1. The van der Waals surface area contributed by atoms with Crippen molar-refractivity contribution in [2.75, 3.05) is 18.4 Å². The molecule has 2 rings (SSSR count). The van der Waals surface area contributed by atoms with E-state index < -0.39 is 10.0 Å². The Hall–Kier alpha value is -1.40. The van der Waals surface area contributed by atoms with Gasteiger partial charge in [0.05, 0.1) is 4.90 Å². The summed E-state index contributed by atoms with van der Waals surface area (Å²) in [6.45, 7) is 6.72. The molecular weight excluding hydrogens is 288 g/mol. The average Bonchev–Trinajstić information content (AvgIpc) is 2.37. The first kappa shape index (κ1) is 16.0. The van der Waals surface area contributed by atoms with Gasteiger partial charge in [-0.2, -0.15) is 4.31 Å². The van der Waals surface area contributed by atoms with E-state index in [1.165, 1.54) is 6.92 Å². The van der Waals surface area contributed by atoms with Gasteiger partial charge in [0.25, 0.3) is 0 Å². The van der Waals surface area contributed by atoms with Crippen LogP contribution in [0.5, 0.6) is 0 Å². The van der Waals surface area contributed by atoms with Crippen LogP contribution in [0.15, 0.2) is 29.2 Å². The molecule has 0 bridgehead atoms. The molecule has 0 unspecified atom stereocenters. The average molecular weight is 310 g/mol. The highest BCUT2D eigenvalue weighted by atomic mass is 32.2. The van der Waals surface area contributed by atoms with E-state index in [0.717, 1.165) is 6.42 Å². The van der Waals surface area contributed by atoms with Gasteiger partial charge in [-0.1, -0.05) is 13.8 Å². The minimum atomic E-state index is -3.45. The number of carbonyl (C=O) groups excluding carboxylic acids is 1. The first-order valence-electron chi connectivity index (χ1n) is 7.17. The summed E-state index contributed by atoms with van der Waals surface area (Å²) < 4.78 is 26.9. The van der Waals surface area contributed by atoms with Crippen LogP contribution in [0, 0.1) is 11.8 Å². The second-order valence-electron chi connectivity index (χ2n) is 5.97. The molecular formula is C15H22N2O3S. The summed E-state index contributed by atoms with van der Waals surface area (Å²) in [5.41, 5.74) is 0.599. The second kappa shape index (κ2) is 6.15. The van der Waals surface area contributed by atoms with Gasteiger partial charge in [0, 0.05) is 25.7 Å². The van der Waals surface area contributed by atoms with E-state index in [2.05, 4.69) is 19.2 Å². The van der Waals surface area contributed by atoms with Crippen molar-refractivity contribution in [1.29, 1.82) is 0 Å². The molecule has 5 nitrogen and oxygen atoms in total. The summed E-state index contributed by atoms with van der Waals surface area (Å²) in [4.78, 5) is 11.3. The molecule has 1 aromatic rings. The van der Waals surface area contributed by atoms with Gasteiger partial charge >= 0.3 is 0 Å². The minimum absolute atomic E-state index is 0.177. The molecule has 0 aromatic heterocycles. The maximum atomic E-state index is 12.7. The van der Waals surface area contributed by atoms with Crippen molar-refractivity contribution in [2.45, 2.75) is 32.1 Å². The van der Waals surface area contributed by atoms with E-state index in [9.17, 15) is 13.2 Å². The zero-order valence-electron chi connectivity index (χ0n) is 12.7. The van der Waals surface area contributed by atoms with Crippen molar-refractivity contribution in [1.82, 2.24) is 4.31 Å². The summed E-state index contributed by atoms with van der Waals surface area (Å²) >= 11 is 0. The molecule has 1 fully saturated rings. The highest BCUT2D eigenvalue weighted by molar-refractivity contribution is 7.89. The first-order valence-corrected chi connectivity index (χ1v) is 8.61. The van der Waals surface area contributed by atoms with Crippen LogP contribution >= 0.6 is 0 Å². The van der Waals surface area contributed by atoms with Crippen LogP contribution in [0.3, 0.4) is 0 Å². The number of rotatable bonds is 3. The second-order valence-corrected chi connectivity index (χ2v) is 7.91. The molecule has 1 aliphatic heterocycles. The normalized spacial score (nSPS) is 23.8. The van der Waals surface area contributed by atoms with Gasteiger partial charge in [-0.3, -0.25) is 4.79 Å². The zero-order chi connectivity index (χ0) is 15.6. The van der Waals surface area contributed by atoms with E-state index in [4.69, 9.17) is 0 Å². The number of piperidine rings is 1. The molecule has 21 heavy (non-hydrogen) atoms. The number of amides is 1. The van der Waals surface area contributed by atoms with Gasteiger partial charge in [-0.15, -0.1) is 0 Å². The molecule has 1 aliphatic rings. The Morgan fingerprint density at radius 1 is 1.14 bits per heavy atom. The summed E-state index contributed by atoms with van der Waals surface area (Å²) in [5.74, 6) is 0.577. The van der Waals surface area contributed by atoms with Crippen LogP contribution in [0.25, 0.3) is 0 Å². The first-order chi connectivity index (χ1) is 9.79. The SMILES string of the molecule is CC(=O)Nc1ccc(S(=O)(=O)N2C[C@@H](C)C[C@H](C)C2)cc1. The largest absolute Gasteiger partial charge is 0.326 e. The Bertz CT molecular complexity index is 600. The molecule has 116 valence electrons. The van der Waals surface area contributed by atoms with Crippen molar-refractivity contribution in [3.8, 4) is 0 Å². The molecule has 6 heteroatoms. The van der Waals surface area contributed by atoms with Crippen LogP contribution in [-0.2, 0) is 14.8 Å². The van der Waals surface area contributed by atoms with Gasteiger partial charge < -0.3 is 5.32 Å². The fourth-order valence-electron chi connectivity index (χ4n) is 2.86. The van der Waals surface area contributed by atoms with Crippen molar-refractivity contribution in [2.24, 2.45) is 11.8 Å². The third kappa shape index (κ3) is 3.83. The lowest BCUT2D eigenvalue weighted by molar-refractivity contribution is -0.114. The van der Waals surface area contributed by atoms with Crippen molar-refractivity contribution in [3.05, 3.63) is 24.3 Å². The zero-order valence-corrected chi connectivity index (χ0v) is 13.5. The molecule has 1 N–H and O–H groups in total. The van der Waals surface area contributed by atoms with Crippen molar-refractivity contribution >= 4 is 21.6 Å². The van der Waals surface area contributed by atoms with E-state index in [1.807, 2.05) is 0 Å². The Morgan fingerprint density at radius 2 is 1.67 bits per heavy atom. The van der Waals surface area contributed by atoms with Crippen LogP contribution in [0.4, 0.5) is 5.69 Å².